The number of ether oxygens (including phenoxy) is 1. The lowest BCUT2D eigenvalue weighted by molar-refractivity contribution is -0.127. The molecule has 0 fully saturated rings. The first kappa shape index (κ1) is 20.0. The molecular weight excluding hydrogens is 432 g/mol. The minimum absolute atomic E-state index is 0.347. The molecule has 2 unspecified atom stereocenters. The van der Waals surface area contributed by atoms with Crippen molar-refractivity contribution in [2.24, 2.45) is 7.05 Å². The Morgan fingerprint density at radius 3 is 2.46 bits per heavy atom. The number of rotatable bonds is 6. The van der Waals surface area contributed by atoms with Gasteiger partial charge in [-0.15, -0.1) is 0 Å². The van der Waals surface area contributed by atoms with Crippen LogP contribution in [0.1, 0.15) is 24.4 Å². The standard InChI is InChI=1S/C20H18BrF2N3O2/c1-12(28-17-8-7-15(23)11-16(17)21)20(27)25-18(19-24-9-10-26(19)2)13-3-5-14(22)6-4-13/h3-12,18H,1-2H3,(H,25,27). The van der Waals surface area contributed by atoms with Gasteiger partial charge in [-0.2, -0.15) is 0 Å². The maximum absolute atomic E-state index is 13.3. The Bertz CT molecular complexity index is 976. The van der Waals surface area contributed by atoms with Crippen molar-refractivity contribution < 1.29 is 18.3 Å². The van der Waals surface area contributed by atoms with E-state index in [1.165, 1.54) is 30.3 Å². The Hall–Kier alpha value is -2.74. The molecule has 28 heavy (non-hydrogen) atoms. The Labute approximate surface area is 169 Å². The highest BCUT2D eigenvalue weighted by atomic mass is 79.9. The summed E-state index contributed by atoms with van der Waals surface area (Å²) in [5.41, 5.74) is 0.680. The first-order valence-corrected chi connectivity index (χ1v) is 9.29. The quantitative estimate of drug-likeness (QED) is 0.615. The average molecular weight is 450 g/mol. The smallest absolute Gasteiger partial charge is 0.261 e. The van der Waals surface area contributed by atoms with E-state index in [-0.39, 0.29) is 5.82 Å². The summed E-state index contributed by atoms with van der Waals surface area (Å²) in [5.74, 6) is -0.239. The number of carbonyl (C=O) groups excluding carboxylic acids is 1. The number of amides is 1. The molecule has 2 atom stereocenters. The number of hydrogen-bond acceptors (Lipinski definition) is 3. The van der Waals surface area contributed by atoms with Gasteiger partial charge in [0.2, 0.25) is 0 Å². The van der Waals surface area contributed by atoms with Gasteiger partial charge >= 0.3 is 0 Å². The molecule has 2 aromatic carbocycles. The van der Waals surface area contributed by atoms with Crippen LogP contribution in [0.4, 0.5) is 8.78 Å². The predicted molar refractivity (Wildman–Crippen MR) is 104 cm³/mol. The maximum Gasteiger partial charge on any atom is 0.261 e. The lowest BCUT2D eigenvalue weighted by Gasteiger charge is -2.22. The fourth-order valence-corrected chi connectivity index (χ4v) is 3.13. The lowest BCUT2D eigenvalue weighted by atomic mass is 10.1. The molecule has 3 aromatic rings. The molecule has 1 N–H and O–H groups in total. The van der Waals surface area contributed by atoms with E-state index in [0.29, 0.717) is 21.6 Å². The number of hydrogen-bond donors (Lipinski definition) is 1. The Morgan fingerprint density at radius 1 is 1.18 bits per heavy atom. The first-order chi connectivity index (χ1) is 13.3. The number of benzene rings is 2. The van der Waals surface area contributed by atoms with E-state index in [1.807, 2.05) is 0 Å². The Balaban J connectivity index is 1.80. The van der Waals surface area contributed by atoms with E-state index < -0.39 is 23.9 Å². The average Bonchev–Trinajstić information content (AvgIpc) is 3.08. The van der Waals surface area contributed by atoms with Crippen LogP contribution in [0.2, 0.25) is 0 Å². The highest BCUT2D eigenvalue weighted by Crippen LogP contribution is 2.27. The van der Waals surface area contributed by atoms with Gasteiger partial charge in [0.25, 0.3) is 5.91 Å². The molecule has 1 aromatic heterocycles. The van der Waals surface area contributed by atoms with Gasteiger partial charge in [0, 0.05) is 19.4 Å². The summed E-state index contributed by atoms with van der Waals surface area (Å²) in [4.78, 5) is 17.0. The number of imidazole rings is 1. The predicted octanol–water partition coefficient (Wildman–Crippen LogP) is 4.13. The van der Waals surface area contributed by atoms with Crippen molar-refractivity contribution in [3.05, 3.63) is 82.4 Å². The zero-order valence-electron chi connectivity index (χ0n) is 15.2. The topological polar surface area (TPSA) is 56.1 Å². The van der Waals surface area contributed by atoms with Crippen molar-refractivity contribution in [1.29, 1.82) is 0 Å². The van der Waals surface area contributed by atoms with Gasteiger partial charge in [0.05, 0.1) is 4.47 Å². The third-order valence-electron chi connectivity index (χ3n) is 4.17. The van der Waals surface area contributed by atoms with Crippen molar-refractivity contribution in [3.63, 3.8) is 0 Å². The van der Waals surface area contributed by atoms with E-state index in [9.17, 15) is 13.6 Å². The second-order valence-corrected chi connectivity index (χ2v) is 7.08. The summed E-state index contributed by atoms with van der Waals surface area (Å²) in [6.07, 6.45) is 2.52. The fraction of sp³-hybridized carbons (Fsp3) is 0.200. The van der Waals surface area contributed by atoms with Crippen molar-refractivity contribution in [2.75, 3.05) is 0 Å². The number of carbonyl (C=O) groups is 1. The molecule has 0 aliphatic rings. The molecule has 1 heterocycles. The molecule has 0 saturated carbocycles. The number of nitrogens with one attached hydrogen (secondary N) is 1. The largest absolute Gasteiger partial charge is 0.480 e. The van der Waals surface area contributed by atoms with Crippen molar-refractivity contribution in [1.82, 2.24) is 14.9 Å². The normalized spacial score (nSPS) is 13.0. The summed E-state index contributed by atoms with van der Waals surface area (Å²) in [5, 5.41) is 2.89. The van der Waals surface area contributed by atoms with Gasteiger partial charge in [0.15, 0.2) is 6.10 Å². The van der Waals surface area contributed by atoms with E-state index in [1.54, 1.807) is 43.1 Å². The molecule has 0 bridgehead atoms. The summed E-state index contributed by atoms with van der Waals surface area (Å²) in [6.45, 7) is 1.59. The highest BCUT2D eigenvalue weighted by molar-refractivity contribution is 9.10. The van der Waals surface area contributed by atoms with E-state index >= 15 is 0 Å². The van der Waals surface area contributed by atoms with Crippen molar-refractivity contribution in [3.8, 4) is 5.75 Å². The van der Waals surface area contributed by atoms with E-state index in [4.69, 9.17) is 4.74 Å². The molecule has 5 nitrogen and oxygen atoms in total. The third kappa shape index (κ3) is 4.56. The molecule has 146 valence electrons. The highest BCUT2D eigenvalue weighted by Gasteiger charge is 2.25. The molecule has 0 aliphatic carbocycles. The van der Waals surface area contributed by atoms with Gasteiger partial charge in [-0.1, -0.05) is 12.1 Å². The van der Waals surface area contributed by atoms with Crippen LogP contribution >= 0.6 is 15.9 Å². The zero-order valence-corrected chi connectivity index (χ0v) is 16.8. The molecule has 0 aliphatic heterocycles. The van der Waals surface area contributed by atoms with Crippen LogP contribution in [0.15, 0.2) is 59.3 Å². The second-order valence-electron chi connectivity index (χ2n) is 6.22. The number of halogens is 3. The van der Waals surface area contributed by atoms with Crippen LogP contribution in [0.3, 0.4) is 0 Å². The summed E-state index contributed by atoms with van der Waals surface area (Å²) in [7, 11) is 1.81. The molecule has 0 saturated heterocycles. The van der Waals surface area contributed by atoms with Crippen LogP contribution in [0.25, 0.3) is 0 Å². The lowest BCUT2D eigenvalue weighted by Crippen LogP contribution is -2.39. The number of aryl methyl sites for hydroxylation is 1. The minimum Gasteiger partial charge on any atom is -0.480 e. The summed E-state index contributed by atoms with van der Waals surface area (Å²) in [6, 6.07) is 9.21. The van der Waals surface area contributed by atoms with Crippen LogP contribution in [0.5, 0.6) is 5.75 Å². The van der Waals surface area contributed by atoms with Gasteiger partial charge < -0.3 is 14.6 Å². The molecule has 8 heteroatoms. The van der Waals surface area contributed by atoms with Crippen LogP contribution in [-0.4, -0.2) is 21.6 Å². The molecule has 0 spiro atoms. The number of aromatic nitrogens is 2. The SMILES string of the molecule is CC(Oc1ccc(F)cc1Br)C(=O)NC(c1ccc(F)cc1)c1nccn1C. The maximum atomic E-state index is 13.3. The summed E-state index contributed by atoms with van der Waals surface area (Å²) < 4.78 is 34.4. The van der Waals surface area contributed by atoms with Gasteiger partial charge in [-0.25, -0.2) is 13.8 Å². The van der Waals surface area contributed by atoms with Crippen molar-refractivity contribution in [2.45, 2.75) is 19.1 Å². The molecular formula is C20H18BrF2N3O2. The van der Waals surface area contributed by atoms with Crippen LogP contribution in [-0.2, 0) is 11.8 Å². The Kier molecular flexibility index (Phi) is 6.08. The van der Waals surface area contributed by atoms with E-state index in [2.05, 4.69) is 26.2 Å². The number of nitrogens with zero attached hydrogens (tertiary/aromatic N) is 2. The van der Waals surface area contributed by atoms with Crippen LogP contribution < -0.4 is 10.1 Å². The van der Waals surface area contributed by atoms with Crippen molar-refractivity contribution >= 4 is 21.8 Å². The van der Waals surface area contributed by atoms with Gasteiger partial charge in [-0.05, 0) is 58.7 Å². The van der Waals surface area contributed by atoms with Gasteiger partial charge in [0.1, 0.15) is 29.3 Å². The second kappa shape index (κ2) is 8.52. The minimum atomic E-state index is -0.857. The zero-order chi connectivity index (χ0) is 20.3. The fourth-order valence-electron chi connectivity index (χ4n) is 2.68. The molecule has 3 rings (SSSR count). The van der Waals surface area contributed by atoms with E-state index in [0.717, 1.165) is 0 Å². The molecule has 1 amide bonds. The third-order valence-corrected chi connectivity index (χ3v) is 4.79. The summed E-state index contributed by atoms with van der Waals surface area (Å²) >= 11 is 3.21. The van der Waals surface area contributed by atoms with Gasteiger partial charge in [-0.3, -0.25) is 4.79 Å². The monoisotopic (exact) mass is 449 g/mol. The molecule has 0 radical (unpaired) electrons. The first-order valence-electron chi connectivity index (χ1n) is 8.50. The Morgan fingerprint density at radius 2 is 1.86 bits per heavy atom. The van der Waals surface area contributed by atoms with Crippen LogP contribution in [0, 0.1) is 11.6 Å².